The molecule has 0 radical (unpaired) electrons. The number of hydrogen-bond acceptors (Lipinski definition) is 3. The fraction of sp³-hybridized carbons (Fsp3) is 0. The lowest BCUT2D eigenvalue weighted by molar-refractivity contribution is -0.115. The summed E-state index contributed by atoms with van der Waals surface area (Å²) in [5, 5.41) is 0. The third-order valence-corrected chi connectivity index (χ3v) is 0.454. The Bertz CT molecular complexity index is 68.3. The van der Waals surface area contributed by atoms with Crippen molar-refractivity contribution in [1.82, 2.24) is 10.1 Å². The molecule has 0 aromatic rings. The Morgan fingerprint density at radius 3 is 2.75 bits per heavy atom. The van der Waals surface area contributed by atoms with Crippen LogP contribution in [-0.4, -0.2) is 34.6 Å². The molecule has 0 aliphatic heterocycles. The maximum Gasteiger partial charge on any atom is 0.373 e. The summed E-state index contributed by atoms with van der Waals surface area (Å²) in [5.41, 5.74) is 2.06. The minimum absolute atomic E-state index is 0.402. The molecule has 0 saturated carbocycles. The lowest BCUT2D eigenvalue weighted by Crippen LogP contribution is -2.28. The monoisotopic (exact) mass is 112 g/mol. The maximum absolute atomic E-state index is 9.53. The molecule has 1 N–H and O–H groups in total. The van der Waals surface area contributed by atoms with Gasteiger partial charge >= 0.3 is 7.62 Å². The second-order valence-electron chi connectivity index (χ2n) is 1.59. The van der Waals surface area contributed by atoms with Crippen LogP contribution in [0.25, 0.3) is 0 Å². The number of nitrogens with one attached hydrogen (secondary N) is 1. The Kier molecular flexibility index (Phi) is 4.49. The molecular weight excluding hydrogens is 104 g/mol. The van der Waals surface area contributed by atoms with Crippen LogP contribution in [0.5, 0.6) is 0 Å². The highest BCUT2D eigenvalue weighted by Crippen LogP contribution is 1.62. The van der Waals surface area contributed by atoms with E-state index in [4.69, 9.17) is 0 Å². The molecule has 0 rings (SSSR count). The van der Waals surface area contributed by atoms with Crippen LogP contribution < -0.4 is 5.48 Å². The van der Waals surface area contributed by atoms with Gasteiger partial charge in [0.1, 0.15) is 0 Å². The minimum Gasteiger partial charge on any atom is -0.415 e. The first-order valence-corrected chi connectivity index (χ1v) is 2.23. The number of rotatable bonds is 4. The van der Waals surface area contributed by atoms with E-state index in [1.54, 1.807) is 4.63 Å². The van der Waals surface area contributed by atoms with E-state index in [0.717, 1.165) is 0 Å². The van der Waals surface area contributed by atoms with Gasteiger partial charge in [-0.05, 0) is 0 Å². The molecule has 0 atom stereocenters. The van der Waals surface area contributed by atoms with Gasteiger partial charge in [0, 0.05) is 0 Å². The normalized spacial score (nSPS) is 8.62. The van der Waals surface area contributed by atoms with E-state index in [0.29, 0.717) is 14.0 Å². The molecule has 0 saturated heterocycles. The van der Waals surface area contributed by atoms with E-state index >= 15 is 0 Å². The fourth-order valence-corrected chi connectivity index (χ4v) is 0.200. The molecule has 0 bridgehead atoms. The zero-order valence-corrected chi connectivity index (χ0v) is 5.05. The summed E-state index contributed by atoms with van der Waals surface area (Å²) in [7, 11) is 4.08. The van der Waals surface area contributed by atoms with E-state index in [9.17, 15) is 4.79 Å². The predicted octanol–water partition coefficient (Wildman–Crippen LogP) is -3.67. The molecule has 0 spiro atoms. The van der Waals surface area contributed by atoms with Crippen LogP contribution in [0.4, 0.5) is 0 Å². The number of nitrogens with zero attached hydrogens (tertiary/aromatic N) is 1. The van der Waals surface area contributed by atoms with Gasteiger partial charge in [-0.3, -0.25) is 10.3 Å². The molecule has 0 aliphatic rings. The molecule has 0 aromatic carbocycles. The van der Waals surface area contributed by atoms with Crippen LogP contribution in [0.1, 0.15) is 0 Å². The van der Waals surface area contributed by atoms with Crippen LogP contribution >= 0.6 is 0 Å². The highest BCUT2D eigenvalue weighted by molar-refractivity contribution is 6.48. The Morgan fingerprint density at radius 2 is 2.38 bits per heavy atom. The maximum atomic E-state index is 9.53. The van der Waals surface area contributed by atoms with Crippen molar-refractivity contribution in [2.24, 2.45) is 0 Å². The van der Waals surface area contributed by atoms with Crippen LogP contribution in [0, 0.1) is 0 Å². The highest BCUT2D eigenvalue weighted by Gasteiger charge is 1.90. The highest BCUT2D eigenvalue weighted by atomic mass is 16.6. The SMILES string of the molecule is BN(B)BONC=O. The second kappa shape index (κ2) is 4.74. The molecule has 42 valence electrons. The Hall–Kier alpha value is -0.415. The first kappa shape index (κ1) is 7.58. The van der Waals surface area contributed by atoms with Crippen molar-refractivity contribution >= 4 is 30.0 Å². The van der Waals surface area contributed by atoms with Gasteiger partial charge in [-0.25, -0.2) is 0 Å². The topological polar surface area (TPSA) is 41.6 Å². The van der Waals surface area contributed by atoms with Gasteiger partial charge in [0.25, 0.3) is 0 Å². The van der Waals surface area contributed by atoms with Crippen LogP contribution in [0.2, 0.25) is 0 Å². The number of hydrogen-bond donors (Lipinski definition) is 1. The average molecular weight is 112 g/mol. The van der Waals surface area contributed by atoms with Gasteiger partial charge in [-0.2, -0.15) is 0 Å². The molecule has 0 aliphatic carbocycles. The molecule has 1 amide bonds. The van der Waals surface area contributed by atoms with Crippen molar-refractivity contribution in [2.45, 2.75) is 0 Å². The van der Waals surface area contributed by atoms with Gasteiger partial charge in [-0.15, -0.1) is 0 Å². The lowest BCUT2D eigenvalue weighted by Gasteiger charge is -2.05. The lowest BCUT2D eigenvalue weighted by atomic mass is 10.00. The van der Waals surface area contributed by atoms with Gasteiger partial charge < -0.3 is 9.39 Å². The Labute approximate surface area is 50.7 Å². The van der Waals surface area contributed by atoms with Crippen molar-refractivity contribution in [2.75, 3.05) is 0 Å². The minimum atomic E-state index is 0.402. The summed E-state index contributed by atoms with van der Waals surface area (Å²) < 4.78 is 6.34. The second-order valence-corrected chi connectivity index (χ2v) is 1.59. The Balaban J connectivity index is 2.81. The van der Waals surface area contributed by atoms with Crippen molar-refractivity contribution < 1.29 is 9.55 Å². The molecule has 0 aromatic heterocycles. The van der Waals surface area contributed by atoms with E-state index in [2.05, 4.69) is 10.2 Å². The summed E-state index contributed by atoms with van der Waals surface area (Å²) in [4.78, 5) is 9.53. The van der Waals surface area contributed by atoms with Crippen molar-refractivity contribution in [3.63, 3.8) is 0 Å². The molecule has 7 heteroatoms. The smallest absolute Gasteiger partial charge is 0.373 e. The van der Waals surface area contributed by atoms with Gasteiger partial charge in [0.15, 0.2) is 16.0 Å². The van der Waals surface area contributed by atoms with Gasteiger partial charge in [0.05, 0.1) is 0 Å². The van der Waals surface area contributed by atoms with E-state index in [1.807, 2.05) is 16.0 Å². The standard InChI is InChI=1S/CH7B3N2O2/c2-6(3)4-8-5-1-7/h1,4H,2-3H2,(H,5,7). The summed E-state index contributed by atoms with van der Waals surface area (Å²) in [6.45, 7) is 0. The fourth-order valence-electron chi connectivity index (χ4n) is 0.200. The molecule has 8 heavy (non-hydrogen) atoms. The summed E-state index contributed by atoms with van der Waals surface area (Å²) in [6.07, 6.45) is 0.490. The van der Waals surface area contributed by atoms with Gasteiger partial charge in [-0.1, -0.05) is 0 Å². The molecule has 0 heterocycles. The van der Waals surface area contributed by atoms with Crippen LogP contribution in [0.3, 0.4) is 0 Å². The predicted molar refractivity (Wildman–Crippen MR) is 36.4 cm³/mol. The summed E-state index contributed by atoms with van der Waals surface area (Å²) in [6, 6.07) is 0. The zero-order valence-electron chi connectivity index (χ0n) is 5.05. The number of carbonyl (C=O) groups is 1. The number of carbonyl (C=O) groups excluding carboxylic acids is 1. The summed E-state index contributed by atoms with van der Waals surface area (Å²) >= 11 is 0. The number of hydroxylamine groups is 1. The van der Waals surface area contributed by atoms with Crippen LogP contribution in [0.15, 0.2) is 0 Å². The van der Waals surface area contributed by atoms with E-state index in [1.165, 1.54) is 0 Å². The largest absolute Gasteiger partial charge is 0.415 e. The Morgan fingerprint density at radius 1 is 1.75 bits per heavy atom. The molecule has 4 nitrogen and oxygen atoms in total. The van der Waals surface area contributed by atoms with Gasteiger partial charge in [0.2, 0.25) is 6.41 Å². The third-order valence-electron chi connectivity index (χ3n) is 0.454. The average Bonchev–Trinajstić information content (AvgIpc) is 1.66. The first-order valence-electron chi connectivity index (χ1n) is 2.23. The van der Waals surface area contributed by atoms with Crippen LogP contribution in [-0.2, 0) is 9.55 Å². The number of amides is 1. The zero-order chi connectivity index (χ0) is 6.41. The van der Waals surface area contributed by atoms with Crippen molar-refractivity contribution in [1.29, 1.82) is 0 Å². The van der Waals surface area contributed by atoms with E-state index in [-0.39, 0.29) is 0 Å². The molecule has 0 unspecified atom stereocenters. The summed E-state index contributed by atoms with van der Waals surface area (Å²) in [5.74, 6) is 0. The third kappa shape index (κ3) is 5.58. The quantitative estimate of drug-likeness (QED) is 0.176. The van der Waals surface area contributed by atoms with Crippen molar-refractivity contribution in [3.05, 3.63) is 0 Å². The van der Waals surface area contributed by atoms with Crippen molar-refractivity contribution in [3.8, 4) is 0 Å². The van der Waals surface area contributed by atoms with E-state index < -0.39 is 0 Å². The molecule has 0 fully saturated rings. The first-order chi connectivity index (χ1) is 3.77. The molecular formula is CH7B3N2O2.